The van der Waals surface area contributed by atoms with Gasteiger partial charge in [-0.25, -0.2) is 8.78 Å². The van der Waals surface area contributed by atoms with Crippen LogP contribution in [-0.4, -0.2) is 65.5 Å². The third kappa shape index (κ3) is 5.87. The van der Waals surface area contributed by atoms with Crippen LogP contribution >= 0.6 is 0 Å². The number of halogens is 2. The number of nitro groups is 1. The summed E-state index contributed by atoms with van der Waals surface area (Å²) in [6.07, 6.45) is 0.907. The molecule has 0 aliphatic carbocycles. The molecule has 246 valence electrons. The molecule has 2 saturated heterocycles. The average Bonchev–Trinajstić information content (AvgIpc) is 3.08. The second-order valence-corrected chi connectivity index (χ2v) is 12.4. The van der Waals surface area contributed by atoms with Crippen LogP contribution in [0.2, 0.25) is 0 Å². The lowest BCUT2D eigenvalue weighted by atomic mass is 9.83. The maximum atomic E-state index is 14.6. The molecular weight excluding hydrogens is 622 g/mol. The van der Waals surface area contributed by atoms with Gasteiger partial charge in [0.2, 0.25) is 0 Å². The highest BCUT2D eigenvalue weighted by Gasteiger charge is 2.36. The van der Waals surface area contributed by atoms with Crippen LogP contribution in [-0.2, 0) is 6.54 Å². The number of nitro benzene ring substituents is 1. The number of fused-ring (bicyclic) bond motifs is 4. The molecule has 2 atom stereocenters. The predicted octanol–water partition coefficient (Wildman–Crippen LogP) is 4.87. The smallest absolute Gasteiger partial charge is 0.269 e. The van der Waals surface area contributed by atoms with E-state index >= 15 is 0 Å². The summed E-state index contributed by atoms with van der Waals surface area (Å²) in [5, 5.41) is 13.7. The van der Waals surface area contributed by atoms with Crippen LogP contribution in [0.1, 0.15) is 38.7 Å². The quantitative estimate of drug-likeness (QED) is 0.233. The van der Waals surface area contributed by atoms with Crippen LogP contribution in [0.3, 0.4) is 0 Å². The summed E-state index contributed by atoms with van der Waals surface area (Å²) in [4.78, 5) is 56.0. The summed E-state index contributed by atoms with van der Waals surface area (Å²) in [6.45, 7) is 3.52. The fraction of sp³-hybridized carbons (Fsp3) is 0.286. The fourth-order valence-electron chi connectivity index (χ4n) is 7.17. The summed E-state index contributed by atoms with van der Waals surface area (Å²) >= 11 is 0. The Morgan fingerprint density at radius 2 is 1.54 bits per heavy atom. The number of pyridine rings is 1. The van der Waals surface area contributed by atoms with E-state index in [0.29, 0.717) is 57.1 Å². The number of rotatable bonds is 6. The zero-order valence-electron chi connectivity index (χ0n) is 25.9. The molecule has 2 fully saturated rings. The first-order valence-electron chi connectivity index (χ1n) is 15.8. The first-order valence-corrected chi connectivity index (χ1v) is 15.8. The van der Waals surface area contributed by atoms with Gasteiger partial charge in [0, 0.05) is 86.9 Å². The normalized spacial score (nSPS) is 18.7. The van der Waals surface area contributed by atoms with E-state index in [-0.39, 0.29) is 34.7 Å². The Morgan fingerprint density at radius 1 is 0.833 bits per heavy atom. The van der Waals surface area contributed by atoms with Gasteiger partial charge in [-0.05, 0) is 60.9 Å². The Labute approximate surface area is 274 Å². The summed E-state index contributed by atoms with van der Waals surface area (Å²) in [5.41, 5.74) is 2.19. The van der Waals surface area contributed by atoms with Crippen molar-refractivity contribution in [1.29, 1.82) is 0 Å². The van der Waals surface area contributed by atoms with Crippen molar-refractivity contribution in [1.82, 2.24) is 9.47 Å². The number of hydrogen-bond donors (Lipinski definition) is 1. The third-order valence-corrected chi connectivity index (χ3v) is 9.49. The van der Waals surface area contributed by atoms with Crippen molar-refractivity contribution >= 4 is 34.6 Å². The lowest BCUT2D eigenvalue weighted by molar-refractivity contribution is -0.384. The van der Waals surface area contributed by atoms with Gasteiger partial charge in [0.1, 0.15) is 17.2 Å². The molecule has 2 amide bonds. The van der Waals surface area contributed by atoms with Gasteiger partial charge in [0.05, 0.1) is 16.3 Å². The predicted molar refractivity (Wildman–Crippen MR) is 176 cm³/mol. The molecule has 11 nitrogen and oxygen atoms in total. The average molecular weight is 655 g/mol. The highest BCUT2D eigenvalue weighted by molar-refractivity contribution is 6.07. The molecule has 3 aliphatic rings. The molecule has 13 heteroatoms. The van der Waals surface area contributed by atoms with Crippen LogP contribution in [0, 0.1) is 27.7 Å². The lowest BCUT2D eigenvalue weighted by Gasteiger charge is -2.44. The number of anilines is 3. The van der Waals surface area contributed by atoms with Crippen LogP contribution in [0.5, 0.6) is 0 Å². The zero-order valence-corrected chi connectivity index (χ0v) is 25.9. The molecule has 1 N–H and O–H groups in total. The van der Waals surface area contributed by atoms with E-state index in [9.17, 15) is 33.3 Å². The second-order valence-electron chi connectivity index (χ2n) is 12.4. The van der Waals surface area contributed by atoms with Crippen molar-refractivity contribution < 1.29 is 23.3 Å². The number of hydrogen-bond acceptors (Lipinski definition) is 7. The van der Waals surface area contributed by atoms with Crippen molar-refractivity contribution in [2.75, 3.05) is 54.4 Å². The summed E-state index contributed by atoms with van der Waals surface area (Å²) in [7, 11) is 0. The molecule has 2 bridgehead atoms. The van der Waals surface area contributed by atoms with E-state index in [1.54, 1.807) is 47.4 Å². The van der Waals surface area contributed by atoms with Gasteiger partial charge in [-0.15, -0.1) is 0 Å². The van der Waals surface area contributed by atoms with Crippen molar-refractivity contribution in [2.45, 2.75) is 18.9 Å². The van der Waals surface area contributed by atoms with E-state index in [4.69, 9.17) is 0 Å². The minimum Gasteiger partial charge on any atom is -0.369 e. The van der Waals surface area contributed by atoms with Crippen molar-refractivity contribution in [3.05, 3.63) is 128 Å². The molecule has 0 radical (unpaired) electrons. The maximum Gasteiger partial charge on any atom is 0.269 e. The molecule has 48 heavy (non-hydrogen) atoms. The minimum absolute atomic E-state index is 0.00436. The van der Waals surface area contributed by atoms with Gasteiger partial charge in [-0.1, -0.05) is 12.1 Å². The number of non-ortho nitro benzene ring substituents is 1. The van der Waals surface area contributed by atoms with Crippen molar-refractivity contribution in [3.63, 3.8) is 0 Å². The molecule has 0 saturated carbocycles. The lowest BCUT2D eigenvalue weighted by Crippen LogP contribution is -2.49. The molecule has 1 aromatic heterocycles. The van der Waals surface area contributed by atoms with E-state index in [2.05, 4.69) is 10.2 Å². The molecular formula is C35H32F2N6O5. The van der Waals surface area contributed by atoms with Crippen LogP contribution in [0.4, 0.5) is 31.5 Å². The molecule has 4 heterocycles. The van der Waals surface area contributed by atoms with Gasteiger partial charge < -0.3 is 24.6 Å². The van der Waals surface area contributed by atoms with E-state index in [0.717, 1.165) is 29.9 Å². The van der Waals surface area contributed by atoms with Crippen LogP contribution in [0.15, 0.2) is 83.7 Å². The monoisotopic (exact) mass is 654 g/mol. The number of benzene rings is 3. The number of nitrogens with zero attached hydrogens (tertiary/aromatic N) is 5. The van der Waals surface area contributed by atoms with Gasteiger partial charge in [-0.3, -0.25) is 24.5 Å². The third-order valence-electron chi connectivity index (χ3n) is 9.49. The molecule has 0 spiro atoms. The van der Waals surface area contributed by atoms with Gasteiger partial charge in [0.15, 0.2) is 0 Å². The fourth-order valence-corrected chi connectivity index (χ4v) is 7.17. The van der Waals surface area contributed by atoms with E-state index < -0.39 is 28.0 Å². The summed E-state index contributed by atoms with van der Waals surface area (Å²) in [5.74, 6) is -3.00. The Kier molecular flexibility index (Phi) is 8.11. The second kappa shape index (κ2) is 12.5. The highest BCUT2D eigenvalue weighted by atomic mass is 19.1. The Hall–Kier alpha value is -5.59. The van der Waals surface area contributed by atoms with Crippen LogP contribution < -0.4 is 20.7 Å². The summed E-state index contributed by atoms with van der Waals surface area (Å²) < 4.78 is 31.1. The molecule has 4 aromatic rings. The first kappa shape index (κ1) is 31.0. The zero-order chi connectivity index (χ0) is 33.5. The number of amides is 2. The number of nitrogens with one attached hydrogen (secondary N) is 1. The molecule has 3 aliphatic heterocycles. The topological polar surface area (TPSA) is 121 Å². The Morgan fingerprint density at radius 3 is 2.25 bits per heavy atom. The molecule has 3 aromatic carbocycles. The van der Waals surface area contributed by atoms with Gasteiger partial charge >= 0.3 is 0 Å². The van der Waals surface area contributed by atoms with Crippen molar-refractivity contribution in [2.24, 2.45) is 5.92 Å². The van der Waals surface area contributed by atoms with E-state index in [1.807, 2.05) is 15.5 Å². The standard InChI is InChI=1S/C35H32F2N6O5/c36-27-3-1-4-28(37)33(27)34(45)38-29-18-23(35(46)40-15-13-39(14-16-40)25-8-10-26(11-9-25)43(47)48)7-12-31(29)41-19-22-17-24(21-41)30-5-2-6-32(44)42(30)20-22/h1-12,18,22,24H,13-17,19-21H2,(H,38,45)/t22-,24+/m1/s1. The number of aromatic nitrogens is 1. The molecule has 7 rings (SSSR count). The highest BCUT2D eigenvalue weighted by Crippen LogP contribution is 2.39. The summed E-state index contributed by atoms with van der Waals surface area (Å²) in [6, 6.07) is 19.8. The Bertz CT molecular complexity index is 1950. The van der Waals surface area contributed by atoms with Crippen LogP contribution in [0.25, 0.3) is 0 Å². The number of piperazine rings is 1. The van der Waals surface area contributed by atoms with E-state index in [1.165, 1.54) is 18.2 Å². The Balaban J connectivity index is 1.15. The molecule has 0 unspecified atom stereocenters. The van der Waals surface area contributed by atoms with Gasteiger partial charge in [0.25, 0.3) is 23.1 Å². The minimum atomic E-state index is -0.998. The first-order chi connectivity index (χ1) is 23.2. The SMILES string of the molecule is O=C(Nc1cc(C(=O)N2CCN(c3ccc([N+](=O)[O-])cc3)CC2)ccc1N1C[C@H]2C[C@@H](C1)c1cccc(=O)n1C2)c1c(F)cccc1F. The number of carbonyl (C=O) groups excluding carboxylic acids is 2. The number of piperidine rings is 1. The van der Waals surface area contributed by atoms with Crippen molar-refractivity contribution in [3.8, 4) is 0 Å². The maximum absolute atomic E-state index is 14.6. The van der Waals surface area contributed by atoms with Gasteiger partial charge in [-0.2, -0.15) is 0 Å². The largest absolute Gasteiger partial charge is 0.369 e. The number of carbonyl (C=O) groups is 2.